The van der Waals surface area contributed by atoms with Crippen molar-refractivity contribution in [3.05, 3.63) is 126 Å². The van der Waals surface area contributed by atoms with Crippen molar-refractivity contribution < 1.29 is 86.6 Å². The quantitative estimate of drug-likeness (QED) is 0.0157. The van der Waals surface area contributed by atoms with Crippen LogP contribution in [0.25, 0.3) is 21.8 Å². The third kappa shape index (κ3) is 29.5. The number of H-pyrrole nitrogens is 3. The number of imidazole rings is 1. The second kappa shape index (κ2) is 50.6. The Morgan fingerprint density at radius 3 is 1.70 bits per heavy atom. The summed E-state index contributed by atoms with van der Waals surface area (Å²) in [5, 5.41) is 49.4. The van der Waals surface area contributed by atoms with E-state index in [1.165, 1.54) is 47.6 Å². The van der Waals surface area contributed by atoms with Gasteiger partial charge >= 0.3 is 0 Å². The SMILES string of the molecule is CCCC[C@H]1C(=O)N(C)[C@@H](CCCC)C(=O)N[C@@H](CCCNC(=N)N)C(=O)N[C@H](C(=O)NCC(N)=O)CSCC(=O)N[C@@H](Cc2ccccc2)C(=O)N(C)[C@@H](C)C(=O)N[C@@H](CC(N)=O)C(=O)N2CCC[C@H]2C(=O)N[C@@H](Cc2cnc[nH]2)C(=O)N[C@@H](C(C)CC)C(=O)N(C)CC(=O)N[C@@H](Cc2c[nH]c3ccccc23)C(=O)N[C@@H](CO)C(=O)N[C@@H](Cc2c[nH]c3ccccc23)C(=O)N1C. The molecule has 716 valence electrons. The smallest absolute Gasteiger partial charge is 0.246 e. The second-order valence-electron chi connectivity index (χ2n) is 33.3. The summed E-state index contributed by atoms with van der Waals surface area (Å²) in [6, 6.07) is 2.89. The number of aromatic amines is 3. The molecule has 2 aliphatic heterocycles. The summed E-state index contributed by atoms with van der Waals surface area (Å²) in [6.07, 6.45) is 6.31. The van der Waals surface area contributed by atoms with Gasteiger partial charge in [0.2, 0.25) is 100 Å². The molecule has 0 saturated carbocycles. The summed E-state index contributed by atoms with van der Waals surface area (Å²) < 4.78 is 0. The fraction of sp³-hybridized carbons (Fsp3) is 0.517. The fourth-order valence-corrected chi connectivity index (χ4v) is 16.6. The first kappa shape index (κ1) is 104. The number of carbonyl (C=O) groups excluding carboxylic acids is 17. The zero-order valence-electron chi connectivity index (χ0n) is 75.9. The predicted octanol–water partition coefficient (Wildman–Crippen LogP) is -2.14. The summed E-state index contributed by atoms with van der Waals surface area (Å²) in [4.78, 5) is 267. The lowest BCUT2D eigenvalue weighted by Gasteiger charge is -2.36. The van der Waals surface area contributed by atoms with E-state index in [0.29, 0.717) is 69.9 Å². The van der Waals surface area contributed by atoms with Gasteiger partial charge in [-0.3, -0.25) is 86.9 Å². The van der Waals surface area contributed by atoms with Gasteiger partial charge in [-0.2, -0.15) is 0 Å². The molecule has 14 atom stereocenters. The molecule has 2 aliphatic rings. The minimum absolute atomic E-state index is 0.00142. The van der Waals surface area contributed by atoms with Crippen LogP contribution >= 0.6 is 11.8 Å². The number of nitrogens with zero attached hydrogens (tertiary/aromatic N) is 6. The number of likely N-dealkylation sites (N-methyl/N-ethyl adjacent to an activating group) is 4. The maximum Gasteiger partial charge on any atom is 0.246 e. The third-order valence-corrected chi connectivity index (χ3v) is 24.6. The monoisotopic (exact) mass is 1850 g/mol. The number of unbranched alkanes of at least 4 members (excludes halogenated alkanes) is 2. The molecule has 2 fully saturated rings. The van der Waals surface area contributed by atoms with E-state index in [9.17, 15) is 62.6 Å². The van der Waals surface area contributed by atoms with Gasteiger partial charge in [-0.15, -0.1) is 11.8 Å². The first-order valence-electron chi connectivity index (χ1n) is 44.3. The standard InChI is InChI=1S/C89H126N24O18S/c1-10-13-31-68-82(125)102-60(30-22-34-95-89(92)93)78(121)107-67(77(120)98-44-72(91)116)47-132-48-74(118)101-63(36-52-24-16-15-17-25-52)84(127)110(7)51(5)76(119)104-65(40-71(90)115)86(129)113-35-23-33-69(113)83(126)103-62(39-55-43-94-49-99-55)80(123)108-75(50(4)12-3)88(131)109(6)45-73(117)100-61(37-53-41-96-58-28-20-18-26-56(53)58)79(122)106-66(46-114)81(124)105-64(38-54-42-97-59-29-21-19-27-57(54)59)85(128)112(9)70(32-14-11-2)87(130)111(68)8/h15-21,24-29,41-43,49-51,60-70,75,96-97,114H,10-14,22-23,30-40,44-48H2,1-9H3,(H2,90,115)(H2,91,116)(H,94,99)(H,98,120)(H,100,117)(H,101,118)(H,102,125)(H,103,126)(H,104,119)(H,105,124)(H,106,122)(H,107,121)(H,108,123)(H4,92,93,95)/t50?,51-,60-,61-,62-,63-,64-,65-,66-,67-,68-,69-,70-,75-/m0/s1. The molecule has 42 nitrogen and oxygen atoms in total. The molecule has 2 saturated heterocycles. The molecule has 22 N–H and O–H groups in total. The lowest BCUT2D eigenvalue weighted by atomic mass is 9.97. The molecule has 3 aromatic heterocycles. The van der Waals surface area contributed by atoms with Crippen LogP contribution in [0.3, 0.4) is 0 Å². The average Bonchev–Trinajstić information content (AvgIpc) is 1.67. The van der Waals surface area contributed by atoms with Gasteiger partial charge in [-0.05, 0) is 80.2 Å². The van der Waals surface area contributed by atoms with E-state index in [2.05, 4.69) is 78.4 Å². The Kier molecular flexibility index (Phi) is 39.9. The van der Waals surface area contributed by atoms with Gasteiger partial charge in [0.1, 0.15) is 78.5 Å². The number of hydrogen-bond acceptors (Lipinski definition) is 21. The number of thioether (sulfide) groups is 1. The van der Waals surface area contributed by atoms with Crippen LogP contribution in [-0.2, 0) is 107 Å². The molecule has 0 radical (unpaired) electrons. The van der Waals surface area contributed by atoms with Crippen LogP contribution in [-0.4, -0.2) is 307 Å². The fourth-order valence-electron chi connectivity index (χ4n) is 15.7. The Balaban J connectivity index is 1.18. The molecule has 0 aliphatic carbocycles. The zero-order chi connectivity index (χ0) is 96.6. The minimum Gasteiger partial charge on any atom is -0.394 e. The number of para-hydroxylation sites is 2. The van der Waals surface area contributed by atoms with Crippen LogP contribution in [0.5, 0.6) is 0 Å². The Morgan fingerprint density at radius 2 is 1.09 bits per heavy atom. The van der Waals surface area contributed by atoms with E-state index in [0.717, 1.165) is 36.3 Å². The topological polar surface area (TPSA) is 621 Å². The summed E-state index contributed by atoms with van der Waals surface area (Å²) in [7, 11) is 5.25. The number of aliphatic hydroxyl groups is 1. The van der Waals surface area contributed by atoms with Crippen molar-refractivity contribution in [3.63, 3.8) is 0 Å². The molecule has 1 unspecified atom stereocenters. The summed E-state index contributed by atoms with van der Waals surface area (Å²) in [5.41, 5.74) is 20.0. The number of nitrogens with two attached hydrogens (primary N) is 3. The Hall–Kier alpha value is -13.5. The van der Waals surface area contributed by atoms with Crippen molar-refractivity contribution in [2.45, 2.75) is 216 Å². The van der Waals surface area contributed by atoms with E-state index >= 15 is 24.0 Å². The molecule has 132 heavy (non-hydrogen) atoms. The zero-order valence-corrected chi connectivity index (χ0v) is 76.7. The number of fused-ring (bicyclic) bond motifs is 3. The molecular weight excluding hydrogens is 1730 g/mol. The number of aliphatic hydroxyl groups excluding tert-OH is 1. The van der Waals surface area contributed by atoms with E-state index in [1.807, 2.05) is 13.8 Å². The van der Waals surface area contributed by atoms with Crippen molar-refractivity contribution in [2.75, 3.05) is 72.5 Å². The lowest BCUT2D eigenvalue weighted by Crippen LogP contribution is -2.61. The van der Waals surface area contributed by atoms with E-state index in [-0.39, 0.29) is 83.7 Å². The number of amides is 17. The maximum absolute atomic E-state index is 15.7. The highest BCUT2D eigenvalue weighted by Crippen LogP contribution is 2.26. The lowest BCUT2D eigenvalue weighted by molar-refractivity contribution is -0.149. The van der Waals surface area contributed by atoms with Gasteiger partial charge in [-0.25, -0.2) is 4.98 Å². The molecular formula is C89H126N24O18S. The minimum atomic E-state index is -1.85. The van der Waals surface area contributed by atoms with Crippen LogP contribution in [0.1, 0.15) is 134 Å². The molecule has 3 aromatic carbocycles. The molecule has 6 aromatic rings. The second-order valence-corrected chi connectivity index (χ2v) is 34.4. The molecule has 17 amide bonds. The molecule has 8 rings (SSSR count). The number of primary amides is 2. The van der Waals surface area contributed by atoms with E-state index < -0.39 is 228 Å². The highest BCUT2D eigenvalue weighted by atomic mass is 32.2. The number of rotatable bonds is 26. The number of nitrogens with one attached hydrogen (secondary N) is 15. The molecule has 43 heteroatoms. The normalized spacial score (nSPS) is 23.7. The van der Waals surface area contributed by atoms with Gasteiger partial charge in [0, 0.05) is 119 Å². The van der Waals surface area contributed by atoms with Crippen LogP contribution in [0, 0.1) is 11.3 Å². The largest absolute Gasteiger partial charge is 0.394 e. The first-order chi connectivity index (χ1) is 63.0. The molecule has 0 spiro atoms. The van der Waals surface area contributed by atoms with Gasteiger partial charge < -0.3 is 120 Å². The summed E-state index contributed by atoms with van der Waals surface area (Å²) >= 11 is 0.795. The number of carbonyl (C=O) groups is 17. The summed E-state index contributed by atoms with van der Waals surface area (Å²) in [5.74, 6) is -17.5. The number of benzene rings is 3. The van der Waals surface area contributed by atoms with Gasteiger partial charge in [0.25, 0.3) is 0 Å². The Labute approximate surface area is 768 Å². The first-order valence-corrected chi connectivity index (χ1v) is 45.4. The number of guanidine groups is 1. The summed E-state index contributed by atoms with van der Waals surface area (Å²) in [6.45, 7) is 5.80. The number of hydrogen-bond donors (Lipinski definition) is 19. The van der Waals surface area contributed by atoms with Crippen LogP contribution in [0.4, 0.5) is 0 Å². The molecule has 5 heterocycles. The van der Waals surface area contributed by atoms with E-state index in [4.69, 9.17) is 22.6 Å². The Morgan fingerprint density at radius 1 is 0.545 bits per heavy atom. The van der Waals surface area contributed by atoms with Crippen LogP contribution in [0.2, 0.25) is 0 Å². The molecule has 0 bridgehead atoms. The van der Waals surface area contributed by atoms with Crippen molar-refractivity contribution in [2.24, 2.45) is 23.1 Å². The maximum atomic E-state index is 15.7. The van der Waals surface area contributed by atoms with Gasteiger partial charge in [0.15, 0.2) is 5.96 Å². The van der Waals surface area contributed by atoms with Crippen molar-refractivity contribution in [1.29, 1.82) is 5.41 Å². The number of aromatic nitrogens is 4. The highest BCUT2D eigenvalue weighted by molar-refractivity contribution is 8.00. The van der Waals surface area contributed by atoms with Crippen LogP contribution in [0.15, 0.2) is 104 Å². The van der Waals surface area contributed by atoms with Crippen molar-refractivity contribution in [1.82, 2.24) is 103 Å². The van der Waals surface area contributed by atoms with Crippen molar-refractivity contribution >= 4 is 140 Å². The Bertz CT molecular complexity index is 5050. The third-order valence-electron chi connectivity index (χ3n) is 23.6. The van der Waals surface area contributed by atoms with Crippen LogP contribution < -0.4 is 75.7 Å². The average molecular weight is 1850 g/mol. The van der Waals surface area contributed by atoms with Gasteiger partial charge in [0.05, 0.1) is 38.2 Å². The van der Waals surface area contributed by atoms with E-state index in [1.54, 1.807) is 105 Å². The van der Waals surface area contributed by atoms with Crippen molar-refractivity contribution in [3.8, 4) is 0 Å². The van der Waals surface area contributed by atoms with Gasteiger partial charge in [-0.1, -0.05) is 127 Å². The predicted molar refractivity (Wildman–Crippen MR) is 490 cm³/mol. The highest BCUT2D eigenvalue weighted by Gasteiger charge is 2.44.